The maximum atomic E-state index is 12.1. The van der Waals surface area contributed by atoms with Gasteiger partial charge >= 0.3 is 0 Å². The largest absolute Gasteiger partial charge is 0.320 e. The van der Waals surface area contributed by atoms with Crippen molar-refractivity contribution in [3.05, 3.63) is 55.4 Å². The molecule has 120 valence electrons. The Kier molecular flexibility index (Phi) is 4.08. The van der Waals surface area contributed by atoms with E-state index in [1.807, 2.05) is 0 Å². The van der Waals surface area contributed by atoms with E-state index < -0.39 is 27.1 Å². The van der Waals surface area contributed by atoms with Gasteiger partial charge in [0.15, 0.2) is 5.69 Å². The minimum absolute atomic E-state index is 0.0395. The van der Waals surface area contributed by atoms with Crippen LogP contribution in [0.4, 0.5) is 17.1 Å². The standard InChI is InChI=1S/C13H13N5O5/c1-7-4-10(15-16(7)3)13(19)14-9-5-11(17(20)21)8(2)12(6-9)18(22)23/h4-6H,1-3H3,(H,14,19). The summed E-state index contributed by atoms with van der Waals surface area (Å²) in [7, 11) is 1.66. The van der Waals surface area contributed by atoms with Crippen molar-refractivity contribution in [1.29, 1.82) is 0 Å². The Morgan fingerprint density at radius 3 is 2.04 bits per heavy atom. The molecule has 0 aliphatic heterocycles. The number of hydrogen-bond acceptors (Lipinski definition) is 6. The number of aromatic nitrogens is 2. The second-order valence-electron chi connectivity index (χ2n) is 4.90. The van der Waals surface area contributed by atoms with Crippen LogP contribution in [0.1, 0.15) is 21.7 Å². The van der Waals surface area contributed by atoms with Crippen molar-refractivity contribution in [2.75, 3.05) is 5.32 Å². The van der Waals surface area contributed by atoms with E-state index in [-0.39, 0.29) is 16.9 Å². The van der Waals surface area contributed by atoms with E-state index in [1.54, 1.807) is 14.0 Å². The van der Waals surface area contributed by atoms with Gasteiger partial charge in [-0.2, -0.15) is 5.10 Å². The number of anilines is 1. The number of nitrogens with one attached hydrogen (secondary N) is 1. The lowest BCUT2D eigenvalue weighted by Gasteiger charge is -2.05. The van der Waals surface area contributed by atoms with Crippen LogP contribution in [0.25, 0.3) is 0 Å². The number of nitro benzene ring substituents is 2. The van der Waals surface area contributed by atoms with Crippen LogP contribution in [-0.4, -0.2) is 25.5 Å². The van der Waals surface area contributed by atoms with E-state index in [0.717, 1.165) is 17.8 Å². The molecule has 0 fully saturated rings. The predicted octanol–water partition coefficient (Wildman–Crippen LogP) is 2.11. The van der Waals surface area contributed by atoms with Crippen molar-refractivity contribution in [2.45, 2.75) is 13.8 Å². The second-order valence-corrected chi connectivity index (χ2v) is 4.90. The summed E-state index contributed by atoms with van der Waals surface area (Å²) in [5.74, 6) is -0.610. The fourth-order valence-corrected chi connectivity index (χ4v) is 2.00. The minimum atomic E-state index is -0.733. The van der Waals surface area contributed by atoms with Crippen LogP contribution in [0.5, 0.6) is 0 Å². The average Bonchev–Trinajstić information content (AvgIpc) is 2.80. The summed E-state index contributed by atoms with van der Waals surface area (Å²) in [6.45, 7) is 3.04. The normalized spacial score (nSPS) is 10.4. The quantitative estimate of drug-likeness (QED) is 0.677. The Morgan fingerprint density at radius 1 is 1.13 bits per heavy atom. The molecule has 0 aliphatic rings. The lowest BCUT2D eigenvalue weighted by molar-refractivity contribution is -0.395. The van der Waals surface area contributed by atoms with E-state index >= 15 is 0 Å². The summed E-state index contributed by atoms with van der Waals surface area (Å²) in [6.07, 6.45) is 0. The van der Waals surface area contributed by atoms with Crippen LogP contribution in [0.3, 0.4) is 0 Å². The molecule has 10 nitrogen and oxygen atoms in total. The Bertz CT molecular complexity index is 772. The minimum Gasteiger partial charge on any atom is -0.320 e. The zero-order chi connectivity index (χ0) is 17.3. The van der Waals surface area contributed by atoms with Gasteiger partial charge in [-0.05, 0) is 19.9 Å². The number of hydrogen-bond donors (Lipinski definition) is 1. The van der Waals surface area contributed by atoms with E-state index in [0.29, 0.717) is 0 Å². The zero-order valence-electron chi connectivity index (χ0n) is 12.6. The summed E-state index contributed by atoms with van der Waals surface area (Å²) < 4.78 is 1.49. The number of nitro groups is 2. The van der Waals surface area contributed by atoms with Crippen LogP contribution >= 0.6 is 0 Å². The van der Waals surface area contributed by atoms with Crippen molar-refractivity contribution in [2.24, 2.45) is 7.05 Å². The molecule has 1 amide bonds. The molecule has 0 bridgehead atoms. The molecule has 23 heavy (non-hydrogen) atoms. The average molecular weight is 319 g/mol. The van der Waals surface area contributed by atoms with Crippen molar-refractivity contribution in [3.63, 3.8) is 0 Å². The third kappa shape index (κ3) is 3.15. The van der Waals surface area contributed by atoms with Crippen molar-refractivity contribution < 1.29 is 14.6 Å². The molecule has 0 unspecified atom stereocenters. The van der Waals surface area contributed by atoms with Gasteiger partial charge in [-0.3, -0.25) is 29.7 Å². The summed E-state index contributed by atoms with van der Waals surface area (Å²) in [4.78, 5) is 32.6. The molecule has 0 spiro atoms. The first-order valence-corrected chi connectivity index (χ1v) is 6.46. The first-order chi connectivity index (χ1) is 10.7. The predicted molar refractivity (Wildman–Crippen MR) is 80.4 cm³/mol. The van der Waals surface area contributed by atoms with Gasteiger partial charge in [-0.25, -0.2) is 0 Å². The summed E-state index contributed by atoms with van der Waals surface area (Å²) in [5, 5.41) is 28.4. The molecule has 0 radical (unpaired) electrons. The fourth-order valence-electron chi connectivity index (χ4n) is 2.00. The molecule has 0 atom stereocenters. The first kappa shape index (κ1) is 16.1. The van der Waals surface area contributed by atoms with Crippen LogP contribution < -0.4 is 5.32 Å². The van der Waals surface area contributed by atoms with Gasteiger partial charge in [0.2, 0.25) is 0 Å². The number of nitrogens with zero attached hydrogens (tertiary/aromatic N) is 4. The molecular formula is C13H13N5O5. The molecule has 2 aromatic rings. The van der Waals surface area contributed by atoms with Crippen molar-refractivity contribution in [1.82, 2.24) is 9.78 Å². The molecule has 0 saturated heterocycles. The van der Waals surface area contributed by atoms with Gasteiger partial charge in [-0.1, -0.05) is 0 Å². The molecule has 0 aliphatic carbocycles. The van der Waals surface area contributed by atoms with E-state index in [2.05, 4.69) is 10.4 Å². The third-order valence-electron chi connectivity index (χ3n) is 3.35. The van der Waals surface area contributed by atoms with Gasteiger partial charge in [-0.15, -0.1) is 0 Å². The smallest absolute Gasteiger partial charge is 0.281 e. The highest BCUT2D eigenvalue weighted by Gasteiger charge is 2.24. The monoisotopic (exact) mass is 319 g/mol. The van der Waals surface area contributed by atoms with E-state index in [1.165, 1.54) is 17.7 Å². The maximum absolute atomic E-state index is 12.1. The Morgan fingerprint density at radius 2 is 1.65 bits per heavy atom. The third-order valence-corrected chi connectivity index (χ3v) is 3.35. The van der Waals surface area contributed by atoms with Crippen LogP contribution in [-0.2, 0) is 7.05 Å². The van der Waals surface area contributed by atoms with Gasteiger partial charge in [0.05, 0.1) is 15.5 Å². The Labute approximate surface area is 130 Å². The molecular weight excluding hydrogens is 306 g/mol. The van der Waals surface area contributed by atoms with Gasteiger partial charge in [0.1, 0.15) is 5.56 Å². The lowest BCUT2D eigenvalue weighted by Crippen LogP contribution is -2.13. The second kappa shape index (κ2) is 5.83. The number of rotatable bonds is 4. The van der Waals surface area contributed by atoms with E-state index in [4.69, 9.17) is 0 Å². The highest BCUT2D eigenvalue weighted by atomic mass is 16.6. The topological polar surface area (TPSA) is 133 Å². The lowest BCUT2D eigenvalue weighted by atomic mass is 10.1. The molecule has 1 aromatic carbocycles. The van der Waals surface area contributed by atoms with Crippen molar-refractivity contribution >= 4 is 23.0 Å². The van der Waals surface area contributed by atoms with Crippen LogP contribution in [0.15, 0.2) is 18.2 Å². The molecule has 10 heteroatoms. The number of carbonyl (C=O) groups excluding carboxylic acids is 1. The number of amides is 1. The van der Waals surface area contributed by atoms with Crippen molar-refractivity contribution in [3.8, 4) is 0 Å². The highest BCUT2D eigenvalue weighted by Crippen LogP contribution is 2.31. The highest BCUT2D eigenvalue weighted by molar-refractivity contribution is 6.03. The first-order valence-electron chi connectivity index (χ1n) is 6.46. The van der Waals surface area contributed by atoms with Crippen LogP contribution in [0.2, 0.25) is 0 Å². The molecule has 1 N–H and O–H groups in total. The number of aryl methyl sites for hydroxylation is 2. The van der Waals surface area contributed by atoms with Gasteiger partial charge in [0, 0.05) is 24.9 Å². The van der Waals surface area contributed by atoms with E-state index in [9.17, 15) is 25.0 Å². The number of carbonyl (C=O) groups is 1. The van der Waals surface area contributed by atoms with Gasteiger partial charge in [0.25, 0.3) is 17.3 Å². The molecule has 2 rings (SSSR count). The Balaban J connectivity index is 2.41. The molecule has 0 saturated carbocycles. The number of benzene rings is 1. The van der Waals surface area contributed by atoms with Crippen LogP contribution in [0, 0.1) is 34.1 Å². The zero-order valence-corrected chi connectivity index (χ0v) is 12.6. The fraction of sp³-hybridized carbons (Fsp3) is 0.231. The van der Waals surface area contributed by atoms with Gasteiger partial charge < -0.3 is 5.32 Å². The summed E-state index contributed by atoms with van der Waals surface area (Å²) in [5.41, 5.74) is -0.140. The maximum Gasteiger partial charge on any atom is 0.281 e. The summed E-state index contributed by atoms with van der Waals surface area (Å²) >= 11 is 0. The summed E-state index contributed by atoms with van der Waals surface area (Å²) in [6, 6.07) is 3.69. The SMILES string of the molecule is Cc1c([N+](=O)[O-])cc(NC(=O)c2cc(C)n(C)n2)cc1[N+](=O)[O-]. The molecule has 1 aromatic heterocycles. The Hall–Kier alpha value is -3.30. The molecule has 1 heterocycles.